The number of amides is 1. The Hall–Kier alpha value is -3.02. The van der Waals surface area contributed by atoms with Gasteiger partial charge in [0.25, 0.3) is 0 Å². The van der Waals surface area contributed by atoms with Crippen molar-refractivity contribution in [1.82, 2.24) is 24.8 Å². The number of carbonyl (C=O) groups excluding carboxylic acids is 1. The molecule has 1 amide bonds. The van der Waals surface area contributed by atoms with Gasteiger partial charge >= 0.3 is 0 Å². The lowest BCUT2D eigenvalue weighted by Crippen LogP contribution is -2.50. The van der Waals surface area contributed by atoms with E-state index >= 15 is 0 Å². The largest absolute Gasteiger partial charge is 0.436 e. The molecule has 0 aliphatic carbocycles. The van der Waals surface area contributed by atoms with Crippen LogP contribution in [-0.2, 0) is 11.3 Å². The van der Waals surface area contributed by atoms with Gasteiger partial charge in [0.1, 0.15) is 0 Å². The monoisotopic (exact) mass is 611 g/mol. The van der Waals surface area contributed by atoms with Crippen LogP contribution in [0.15, 0.2) is 42.7 Å². The molecule has 3 aromatic rings. The molecule has 12 heteroatoms. The number of piperidine rings is 1. The van der Waals surface area contributed by atoms with E-state index in [0.29, 0.717) is 58.2 Å². The Morgan fingerprint density at radius 1 is 1.00 bits per heavy atom. The third-order valence-electron chi connectivity index (χ3n) is 8.34. The first-order chi connectivity index (χ1) is 20.3. The van der Waals surface area contributed by atoms with Crippen LogP contribution in [0, 0.1) is 5.92 Å². The first-order valence-electron chi connectivity index (χ1n) is 14.4. The van der Waals surface area contributed by atoms with Crippen LogP contribution in [0.4, 0.5) is 5.95 Å². The quantitative estimate of drug-likeness (QED) is 0.389. The molecule has 1 aromatic carbocycles. The van der Waals surface area contributed by atoms with Crippen molar-refractivity contribution in [2.45, 2.75) is 44.4 Å². The lowest BCUT2D eigenvalue weighted by atomic mass is 9.93. The van der Waals surface area contributed by atoms with Gasteiger partial charge in [0.15, 0.2) is 5.75 Å². The summed E-state index contributed by atoms with van der Waals surface area (Å²) < 4.78 is 6.19. The number of primary amides is 1. The average molecular weight is 613 g/mol. The Balaban J connectivity index is 1.19. The van der Waals surface area contributed by atoms with E-state index in [9.17, 15) is 9.90 Å². The van der Waals surface area contributed by atoms with Gasteiger partial charge in [-0.3, -0.25) is 14.6 Å². The number of halogens is 2. The summed E-state index contributed by atoms with van der Waals surface area (Å²) in [5.74, 6) is 1.67. The number of fused-ring (bicyclic) bond motifs is 1. The van der Waals surface area contributed by atoms with Gasteiger partial charge in [-0.25, -0.2) is 15.0 Å². The number of aromatic nitrogens is 3. The van der Waals surface area contributed by atoms with Crippen LogP contribution in [-0.4, -0.2) is 87.2 Å². The van der Waals surface area contributed by atoms with Gasteiger partial charge in [0, 0.05) is 66.9 Å². The first-order valence-corrected chi connectivity index (χ1v) is 15.2. The molecule has 6 rings (SSSR count). The Labute approximate surface area is 255 Å². The zero-order chi connectivity index (χ0) is 29.2. The number of ether oxygens (including phenoxy) is 1. The molecule has 0 spiro atoms. The molecule has 222 valence electrons. The van der Waals surface area contributed by atoms with Gasteiger partial charge in [-0.2, -0.15) is 0 Å². The maximum atomic E-state index is 11.3. The minimum absolute atomic E-state index is 0.234. The molecule has 2 atom stereocenters. The summed E-state index contributed by atoms with van der Waals surface area (Å²) >= 11 is 12.6. The zero-order valence-electron chi connectivity index (χ0n) is 23.3. The predicted molar refractivity (Wildman–Crippen MR) is 162 cm³/mol. The van der Waals surface area contributed by atoms with Crippen molar-refractivity contribution in [2.75, 3.05) is 44.2 Å². The summed E-state index contributed by atoms with van der Waals surface area (Å²) in [6.45, 7) is 5.73. The number of nitrogens with two attached hydrogens (primary N) is 1. The van der Waals surface area contributed by atoms with Gasteiger partial charge in [-0.15, -0.1) is 0 Å². The van der Waals surface area contributed by atoms with Crippen LogP contribution in [0.5, 0.6) is 11.6 Å². The number of aliphatic hydroxyl groups excluding tert-OH is 1. The number of hydrogen-bond acceptors (Lipinski definition) is 9. The summed E-state index contributed by atoms with van der Waals surface area (Å²) in [5, 5.41) is 11.1. The zero-order valence-corrected chi connectivity index (χ0v) is 24.8. The molecule has 2 aromatic heterocycles. The maximum Gasteiger partial charge on any atom is 0.225 e. The molecule has 3 aliphatic heterocycles. The number of nitrogens with zero attached hydrogens (tertiary/aromatic N) is 6. The van der Waals surface area contributed by atoms with E-state index in [1.165, 1.54) is 0 Å². The van der Waals surface area contributed by atoms with Gasteiger partial charge in [-0.1, -0.05) is 23.2 Å². The van der Waals surface area contributed by atoms with Crippen molar-refractivity contribution in [3.63, 3.8) is 0 Å². The summed E-state index contributed by atoms with van der Waals surface area (Å²) in [7, 11) is 0. The number of likely N-dealkylation sites (tertiary alicyclic amines) is 1. The highest BCUT2D eigenvalue weighted by Crippen LogP contribution is 2.31. The molecule has 2 unspecified atom stereocenters. The van der Waals surface area contributed by atoms with Crippen molar-refractivity contribution in [2.24, 2.45) is 11.7 Å². The van der Waals surface area contributed by atoms with E-state index in [0.717, 1.165) is 69.7 Å². The second kappa shape index (κ2) is 12.7. The fraction of sp³-hybridized carbons (Fsp3) is 0.467. The average Bonchev–Trinajstić information content (AvgIpc) is 3.33. The van der Waals surface area contributed by atoms with Crippen LogP contribution in [0.2, 0.25) is 10.0 Å². The molecule has 0 radical (unpaired) electrons. The molecule has 5 heterocycles. The number of piperazine rings is 1. The van der Waals surface area contributed by atoms with Crippen molar-refractivity contribution < 1.29 is 14.6 Å². The van der Waals surface area contributed by atoms with E-state index in [1.54, 1.807) is 18.5 Å². The summed E-state index contributed by atoms with van der Waals surface area (Å²) in [5.41, 5.74) is 7.94. The molecule has 10 nitrogen and oxygen atoms in total. The number of rotatable bonds is 8. The van der Waals surface area contributed by atoms with Gasteiger partial charge in [-0.05, 0) is 68.1 Å². The third kappa shape index (κ3) is 7.12. The molecule has 3 aliphatic rings. The number of anilines is 1. The molecular weight excluding hydrogens is 577 g/mol. The van der Waals surface area contributed by atoms with E-state index < -0.39 is 0 Å². The fourth-order valence-electron chi connectivity index (χ4n) is 6.29. The van der Waals surface area contributed by atoms with E-state index in [4.69, 9.17) is 38.7 Å². The van der Waals surface area contributed by atoms with Crippen LogP contribution < -0.4 is 15.4 Å². The van der Waals surface area contributed by atoms with Crippen molar-refractivity contribution in [3.8, 4) is 22.9 Å². The molecule has 0 saturated carbocycles. The Morgan fingerprint density at radius 3 is 2.45 bits per heavy atom. The van der Waals surface area contributed by atoms with Crippen LogP contribution in [0.1, 0.15) is 31.2 Å². The predicted octanol–water partition coefficient (Wildman–Crippen LogP) is 3.98. The topological polar surface area (TPSA) is 121 Å². The van der Waals surface area contributed by atoms with Crippen molar-refractivity contribution in [3.05, 3.63) is 58.3 Å². The first kappa shape index (κ1) is 29.1. The Morgan fingerprint density at radius 2 is 1.74 bits per heavy atom. The second-order valence-electron chi connectivity index (χ2n) is 11.6. The molecule has 3 saturated heterocycles. The van der Waals surface area contributed by atoms with E-state index in [1.807, 2.05) is 24.3 Å². The lowest BCUT2D eigenvalue weighted by molar-refractivity contribution is -0.119. The summed E-state index contributed by atoms with van der Waals surface area (Å²) in [4.78, 5) is 32.2. The van der Waals surface area contributed by atoms with Gasteiger partial charge < -0.3 is 20.5 Å². The van der Waals surface area contributed by atoms with Crippen LogP contribution >= 0.6 is 23.2 Å². The molecule has 42 heavy (non-hydrogen) atoms. The van der Waals surface area contributed by atoms with E-state index in [-0.39, 0.29) is 12.0 Å². The normalized spacial score (nSPS) is 21.8. The second-order valence-corrected chi connectivity index (χ2v) is 12.4. The Kier molecular flexibility index (Phi) is 8.78. The molecule has 3 fully saturated rings. The molecule has 3 N–H and O–H groups in total. The van der Waals surface area contributed by atoms with E-state index in [2.05, 4.69) is 24.7 Å². The SMILES string of the molecule is NC(=O)CC1CCN(Cc2cc(Oc3cnc(N4CCN5CC(O)CC5C4)nc3)nc(-c3cc(Cl)cc(Cl)c3)c2)CC1. The van der Waals surface area contributed by atoms with Crippen molar-refractivity contribution >= 4 is 35.1 Å². The molecular formula is C30H35Cl2N7O3. The van der Waals surface area contributed by atoms with Crippen molar-refractivity contribution in [1.29, 1.82) is 0 Å². The Bertz CT molecular complexity index is 1400. The highest BCUT2D eigenvalue weighted by Gasteiger charge is 2.36. The fourth-order valence-corrected chi connectivity index (χ4v) is 6.81. The summed E-state index contributed by atoms with van der Waals surface area (Å²) in [6, 6.07) is 9.65. The van der Waals surface area contributed by atoms with Crippen LogP contribution in [0.25, 0.3) is 11.3 Å². The summed E-state index contributed by atoms with van der Waals surface area (Å²) in [6.07, 6.45) is 6.20. The van der Waals surface area contributed by atoms with Gasteiger partial charge in [0.2, 0.25) is 17.7 Å². The minimum Gasteiger partial charge on any atom is -0.436 e. The highest BCUT2D eigenvalue weighted by atomic mass is 35.5. The number of hydrogen-bond donors (Lipinski definition) is 2. The highest BCUT2D eigenvalue weighted by molar-refractivity contribution is 6.35. The minimum atomic E-state index is -0.253. The van der Waals surface area contributed by atoms with Gasteiger partial charge in [0.05, 0.1) is 24.2 Å². The third-order valence-corrected chi connectivity index (χ3v) is 8.77. The maximum absolute atomic E-state index is 11.3. The molecule has 0 bridgehead atoms. The lowest BCUT2D eigenvalue weighted by Gasteiger charge is -2.37. The standard InChI is InChI=1S/C30H35Cl2N7O3/c31-22-10-21(11-23(32)12-22)27-7-20(16-37-3-1-19(2-4-37)8-28(33)41)9-29(36-27)42-26-14-34-30(35-15-26)39-6-5-38-18-25(40)13-24(38)17-39/h7,9-12,14-15,19,24-25,40H,1-6,8,13,16-18H2,(H2,33,41). The smallest absolute Gasteiger partial charge is 0.225 e. The van der Waals surface area contributed by atoms with Crippen LogP contribution in [0.3, 0.4) is 0 Å². The number of aliphatic hydroxyl groups is 1. The number of benzene rings is 1. The number of pyridine rings is 1. The number of carbonyl (C=O) groups is 1.